The van der Waals surface area contributed by atoms with E-state index in [4.69, 9.17) is 0 Å². The summed E-state index contributed by atoms with van der Waals surface area (Å²) in [5.41, 5.74) is 2.08. The summed E-state index contributed by atoms with van der Waals surface area (Å²) < 4.78 is 22.8. The Kier molecular flexibility index (Phi) is 5.66. The molecule has 0 saturated heterocycles. The average Bonchev–Trinajstić information content (AvgIpc) is 2.56. The summed E-state index contributed by atoms with van der Waals surface area (Å²) in [6.07, 6.45) is 2.71. The molecule has 2 rings (SSSR count). The molecule has 1 N–H and O–H groups in total. The van der Waals surface area contributed by atoms with E-state index < -0.39 is 9.84 Å². The van der Waals surface area contributed by atoms with Crippen molar-refractivity contribution in [3.63, 3.8) is 0 Å². The standard InChI is InChI=1S/C17H21N3O3S/c1-4-12(5-2)17(21)18-14-8-6-13(7-9-14)15-10-11-16(20-19-15)24(3,22)23/h6-12H,4-5H2,1-3H3,(H,18,21). The first-order valence-corrected chi connectivity index (χ1v) is 9.69. The van der Waals surface area contributed by atoms with Gasteiger partial charge in [0.1, 0.15) is 0 Å². The van der Waals surface area contributed by atoms with E-state index in [-0.39, 0.29) is 16.9 Å². The Labute approximate surface area is 142 Å². The third-order valence-electron chi connectivity index (χ3n) is 3.82. The molecule has 1 aromatic heterocycles. The lowest BCUT2D eigenvalue weighted by Gasteiger charge is -2.13. The molecule has 0 radical (unpaired) electrons. The van der Waals surface area contributed by atoms with Crippen molar-refractivity contribution in [2.24, 2.45) is 5.92 Å². The summed E-state index contributed by atoms with van der Waals surface area (Å²) in [6.45, 7) is 3.99. The van der Waals surface area contributed by atoms with Gasteiger partial charge in [-0.05, 0) is 37.1 Å². The zero-order valence-corrected chi connectivity index (χ0v) is 14.8. The van der Waals surface area contributed by atoms with Crippen LogP contribution in [0.25, 0.3) is 11.3 Å². The Bertz CT molecular complexity index is 796. The number of carbonyl (C=O) groups excluding carboxylic acids is 1. The van der Waals surface area contributed by atoms with Crippen LogP contribution < -0.4 is 5.32 Å². The summed E-state index contributed by atoms with van der Waals surface area (Å²) >= 11 is 0. The highest BCUT2D eigenvalue weighted by atomic mass is 32.2. The number of rotatable bonds is 6. The maximum Gasteiger partial charge on any atom is 0.227 e. The molecule has 0 unspecified atom stereocenters. The fourth-order valence-corrected chi connectivity index (χ4v) is 2.80. The first-order valence-electron chi connectivity index (χ1n) is 7.80. The summed E-state index contributed by atoms with van der Waals surface area (Å²) in [5.74, 6) is 0.0316. The second-order valence-electron chi connectivity index (χ2n) is 5.61. The summed E-state index contributed by atoms with van der Waals surface area (Å²) in [4.78, 5) is 12.1. The van der Waals surface area contributed by atoms with Crippen LogP contribution in [0.2, 0.25) is 0 Å². The summed E-state index contributed by atoms with van der Waals surface area (Å²) in [7, 11) is -3.36. The van der Waals surface area contributed by atoms with Crippen molar-refractivity contribution in [3.05, 3.63) is 36.4 Å². The van der Waals surface area contributed by atoms with Crippen molar-refractivity contribution in [2.75, 3.05) is 11.6 Å². The van der Waals surface area contributed by atoms with Crippen LogP contribution in [-0.4, -0.2) is 30.8 Å². The molecule has 1 amide bonds. The molecule has 1 heterocycles. The predicted molar refractivity (Wildman–Crippen MR) is 93.3 cm³/mol. The molecule has 0 aliphatic heterocycles. The molecule has 0 spiro atoms. The molecule has 24 heavy (non-hydrogen) atoms. The maximum atomic E-state index is 12.1. The first kappa shape index (κ1) is 18.1. The van der Waals surface area contributed by atoms with Crippen LogP contribution in [0.4, 0.5) is 5.69 Å². The van der Waals surface area contributed by atoms with Crippen LogP contribution in [0.15, 0.2) is 41.4 Å². The van der Waals surface area contributed by atoms with Gasteiger partial charge >= 0.3 is 0 Å². The summed E-state index contributed by atoms with van der Waals surface area (Å²) in [6, 6.07) is 10.3. The van der Waals surface area contributed by atoms with Gasteiger partial charge in [-0.3, -0.25) is 4.79 Å². The Morgan fingerprint density at radius 3 is 2.12 bits per heavy atom. The fraction of sp³-hybridized carbons (Fsp3) is 0.353. The van der Waals surface area contributed by atoms with E-state index in [1.165, 1.54) is 6.07 Å². The Morgan fingerprint density at radius 1 is 1.04 bits per heavy atom. The largest absolute Gasteiger partial charge is 0.326 e. The van der Waals surface area contributed by atoms with Gasteiger partial charge in [0.25, 0.3) is 0 Å². The van der Waals surface area contributed by atoms with Crippen molar-refractivity contribution in [3.8, 4) is 11.3 Å². The van der Waals surface area contributed by atoms with E-state index >= 15 is 0 Å². The smallest absolute Gasteiger partial charge is 0.227 e. The molecular formula is C17H21N3O3S. The van der Waals surface area contributed by atoms with Crippen molar-refractivity contribution in [2.45, 2.75) is 31.7 Å². The minimum absolute atomic E-state index is 0.0130. The highest BCUT2D eigenvalue weighted by molar-refractivity contribution is 7.90. The van der Waals surface area contributed by atoms with Crippen LogP contribution in [0.1, 0.15) is 26.7 Å². The van der Waals surface area contributed by atoms with Crippen LogP contribution >= 0.6 is 0 Å². The third kappa shape index (κ3) is 4.38. The molecule has 1 aromatic carbocycles. The second kappa shape index (κ2) is 7.53. The normalized spacial score (nSPS) is 11.5. The average molecular weight is 347 g/mol. The first-order chi connectivity index (χ1) is 11.3. The zero-order valence-electron chi connectivity index (χ0n) is 14.0. The predicted octanol–water partition coefficient (Wildman–Crippen LogP) is 2.92. The van der Waals surface area contributed by atoms with Crippen LogP contribution in [0.3, 0.4) is 0 Å². The highest BCUT2D eigenvalue weighted by Gasteiger charge is 2.14. The fourth-order valence-electron chi connectivity index (χ4n) is 2.30. The molecule has 0 aliphatic rings. The molecule has 0 atom stereocenters. The number of hydrogen-bond donors (Lipinski definition) is 1. The van der Waals surface area contributed by atoms with E-state index in [1.807, 2.05) is 26.0 Å². The lowest BCUT2D eigenvalue weighted by Crippen LogP contribution is -2.21. The van der Waals surface area contributed by atoms with Gasteiger partial charge in [-0.2, -0.15) is 0 Å². The number of aromatic nitrogens is 2. The molecule has 128 valence electrons. The van der Waals surface area contributed by atoms with E-state index in [0.717, 1.165) is 30.3 Å². The van der Waals surface area contributed by atoms with Gasteiger partial charge in [0.05, 0.1) is 5.69 Å². The van der Waals surface area contributed by atoms with E-state index in [2.05, 4.69) is 15.5 Å². The molecule has 0 saturated carbocycles. The topological polar surface area (TPSA) is 89.0 Å². The van der Waals surface area contributed by atoms with Gasteiger partial charge in [-0.25, -0.2) is 8.42 Å². The SMILES string of the molecule is CCC(CC)C(=O)Nc1ccc(-c2ccc(S(C)(=O)=O)nn2)cc1. The minimum Gasteiger partial charge on any atom is -0.326 e. The highest BCUT2D eigenvalue weighted by Crippen LogP contribution is 2.20. The minimum atomic E-state index is -3.36. The van der Waals surface area contributed by atoms with Crippen molar-refractivity contribution >= 4 is 21.4 Å². The van der Waals surface area contributed by atoms with Crippen molar-refractivity contribution in [1.29, 1.82) is 0 Å². The zero-order chi connectivity index (χ0) is 17.7. The number of sulfone groups is 1. The third-order valence-corrected chi connectivity index (χ3v) is 4.80. The molecular weight excluding hydrogens is 326 g/mol. The second-order valence-corrected chi connectivity index (χ2v) is 7.57. The summed E-state index contributed by atoms with van der Waals surface area (Å²) in [5, 5.41) is 10.5. The van der Waals surface area contributed by atoms with E-state index in [0.29, 0.717) is 5.69 Å². The maximum absolute atomic E-state index is 12.1. The number of hydrogen-bond acceptors (Lipinski definition) is 5. The molecule has 0 aliphatic carbocycles. The molecule has 2 aromatic rings. The Hall–Kier alpha value is -2.28. The quantitative estimate of drug-likeness (QED) is 0.868. The van der Waals surface area contributed by atoms with Crippen molar-refractivity contribution in [1.82, 2.24) is 10.2 Å². The number of benzene rings is 1. The van der Waals surface area contributed by atoms with Crippen LogP contribution in [0, 0.1) is 5.92 Å². The number of nitrogens with one attached hydrogen (secondary N) is 1. The van der Waals surface area contributed by atoms with Gasteiger partial charge in [0, 0.05) is 23.4 Å². The van der Waals surface area contributed by atoms with Crippen LogP contribution in [-0.2, 0) is 14.6 Å². The van der Waals surface area contributed by atoms with Gasteiger partial charge in [0.15, 0.2) is 14.9 Å². The molecule has 6 nitrogen and oxygen atoms in total. The Morgan fingerprint density at radius 2 is 1.67 bits per heavy atom. The molecule has 0 bridgehead atoms. The van der Waals surface area contributed by atoms with Crippen LogP contribution in [0.5, 0.6) is 0 Å². The van der Waals surface area contributed by atoms with Gasteiger partial charge in [-0.15, -0.1) is 10.2 Å². The van der Waals surface area contributed by atoms with Gasteiger partial charge in [0.2, 0.25) is 5.91 Å². The van der Waals surface area contributed by atoms with E-state index in [1.54, 1.807) is 18.2 Å². The van der Waals surface area contributed by atoms with Gasteiger partial charge in [-0.1, -0.05) is 26.0 Å². The lowest BCUT2D eigenvalue weighted by atomic mass is 10.0. The number of amides is 1. The van der Waals surface area contributed by atoms with Gasteiger partial charge < -0.3 is 5.32 Å². The monoisotopic (exact) mass is 347 g/mol. The molecule has 7 heteroatoms. The molecule has 0 fully saturated rings. The lowest BCUT2D eigenvalue weighted by molar-refractivity contribution is -0.120. The van der Waals surface area contributed by atoms with E-state index in [9.17, 15) is 13.2 Å². The number of carbonyl (C=O) groups is 1. The number of anilines is 1. The number of nitrogens with zero attached hydrogens (tertiary/aromatic N) is 2. The Balaban J connectivity index is 2.13. The van der Waals surface area contributed by atoms with Crippen molar-refractivity contribution < 1.29 is 13.2 Å².